The van der Waals surface area contributed by atoms with E-state index >= 15 is 0 Å². The molecular formula is C7H8BrNO3S. The van der Waals surface area contributed by atoms with Gasteiger partial charge in [0.2, 0.25) is 10.0 Å². The lowest BCUT2D eigenvalue weighted by molar-refractivity contribution is 0.281. The van der Waals surface area contributed by atoms with Gasteiger partial charge in [0.1, 0.15) is 0 Å². The maximum Gasteiger partial charge on any atom is 0.238 e. The van der Waals surface area contributed by atoms with Crippen molar-refractivity contribution in [3.8, 4) is 0 Å². The smallest absolute Gasteiger partial charge is 0.238 e. The first kappa shape index (κ1) is 10.6. The second kappa shape index (κ2) is 3.75. The summed E-state index contributed by atoms with van der Waals surface area (Å²) < 4.78 is 22.3. The Bertz CT molecular complexity index is 416. The predicted molar refractivity (Wildman–Crippen MR) is 51.4 cm³/mol. The molecule has 0 aliphatic rings. The third kappa shape index (κ3) is 2.50. The van der Waals surface area contributed by atoms with Crippen LogP contribution in [0.2, 0.25) is 0 Å². The summed E-state index contributed by atoms with van der Waals surface area (Å²) in [6, 6.07) is 4.22. The molecule has 1 rings (SSSR count). The molecule has 0 heterocycles. The minimum absolute atomic E-state index is 0.0246. The Hall–Kier alpha value is -0.430. The van der Waals surface area contributed by atoms with Crippen LogP contribution < -0.4 is 5.14 Å². The third-order valence-corrected chi connectivity index (χ3v) is 3.17. The van der Waals surface area contributed by atoms with Gasteiger partial charge < -0.3 is 5.11 Å². The Morgan fingerprint density at radius 2 is 2.08 bits per heavy atom. The molecule has 0 unspecified atom stereocenters. The number of nitrogens with two attached hydrogens (primary N) is 1. The molecule has 0 saturated heterocycles. The molecule has 3 N–H and O–H groups in total. The predicted octanol–water partition coefficient (Wildman–Crippen LogP) is 0.589. The topological polar surface area (TPSA) is 80.4 Å². The van der Waals surface area contributed by atoms with E-state index < -0.39 is 10.0 Å². The Balaban J connectivity index is 3.26. The molecule has 72 valence electrons. The van der Waals surface area contributed by atoms with Gasteiger partial charge in [-0.3, -0.25) is 0 Å². The minimum atomic E-state index is -3.66. The highest BCUT2D eigenvalue weighted by molar-refractivity contribution is 9.10. The monoisotopic (exact) mass is 265 g/mol. The second-order valence-corrected chi connectivity index (χ2v) is 4.87. The van der Waals surface area contributed by atoms with Gasteiger partial charge in [0, 0.05) is 4.47 Å². The normalized spacial score (nSPS) is 11.6. The van der Waals surface area contributed by atoms with E-state index in [2.05, 4.69) is 15.9 Å². The zero-order chi connectivity index (χ0) is 10.1. The Morgan fingerprint density at radius 1 is 1.46 bits per heavy atom. The first-order valence-corrected chi connectivity index (χ1v) is 5.71. The Labute approximate surface area is 84.6 Å². The molecule has 0 fully saturated rings. The average Bonchev–Trinajstić information content (AvgIpc) is 2.02. The van der Waals surface area contributed by atoms with Gasteiger partial charge in [0.25, 0.3) is 0 Å². The van der Waals surface area contributed by atoms with Gasteiger partial charge in [-0.1, -0.05) is 22.0 Å². The second-order valence-electron chi connectivity index (χ2n) is 2.46. The molecule has 13 heavy (non-hydrogen) atoms. The summed E-state index contributed by atoms with van der Waals surface area (Å²) in [6.07, 6.45) is 0. The van der Waals surface area contributed by atoms with Gasteiger partial charge >= 0.3 is 0 Å². The highest BCUT2D eigenvalue weighted by atomic mass is 79.9. The highest BCUT2D eigenvalue weighted by Gasteiger charge is 2.09. The van der Waals surface area contributed by atoms with Gasteiger partial charge in [0.15, 0.2) is 0 Å². The van der Waals surface area contributed by atoms with Gasteiger partial charge in [-0.25, -0.2) is 13.6 Å². The van der Waals surface area contributed by atoms with Gasteiger partial charge in [-0.05, 0) is 17.7 Å². The zero-order valence-electron chi connectivity index (χ0n) is 6.57. The van der Waals surface area contributed by atoms with Crippen LogP contribution in [0, 0.1) is 0 Å². The number of aliphatic hydroxyl groups is 1. The van der Waals surface area contributed by atoms with E-state index in [9.17, 15) is 8.42 Å². The summed E-state index contributed by atoms with van der Waals surface area (Å²) in [5, 5.41) is 13.7. The summed E-state index contributed by atoms with van der Waals surface area (Å²) in [5.74, 6) is 0. The number of sulfonamides is 1. The van der Waals surface area contributed by atoms with Gasteiger partial charge in [-0.2, -0.15) is 0 Å². The lowest BCUT2D eigenvalue weighted by Gasteiger charge is -2.02. The zero-order valence-corrected chi connectivity index (χ0v) is 8.97. The van der Waals surface area contributed by atoms with Crippen LogP contribution in [0.1, 0.15) is 5.56 Å². The molecule has 6 heteroatoms. The summed E-state index contributed by atoms with van der Waals surface area (Å²) in [5.41, 5.74) is 0.618. The fourth-order valence-electron chi connectivity index (χ4n) is 0.833. The summed E-state index contributed by atoms with van der Waals surface area (Å²) in [7, 11) is -3.66. The summed E-state index contributed by atoms with van der Waals surface area (Å²) in [4.78, 5) is 0.0246. The number of primary sulfonamides is 1. The molecule has 0 atom stereocenters. The number of rotatable bonds is 2. The quantitative estimate of drug-likeness (QED) is 0.822. The van der Waals surface area contributed by atoms with Crippen molar-refractivity contribution < 1.29 is 13.5 Å². The SMILES string of the molecule is NS(=O)(=O)c1ccc(CO)c(Br)c1. The molecule has 0 aliphatic carbocycles. The number of hydrogen-bond donors (Lipinski definition) is 2. The minimum Gasteiger partial charge on any atom is -0.392 e. The maximum atomic E-state index is 10.9. The largest absolute Gasteiger partial charge is 0.392 e. The first-order chi connectivity index (χ1) is 5.95. The first-order valence-electron chi connectivity index (χ1n) is 3.37. The molecule has 0 amide bonds. The highest BCUT2D eigenvalue weighted by Crippen LogP contribution is 2.20. The number of aliphatic hydroxyl groups excluding tert-OH is 1. The standard InChI is InChI=1S/C7H8BrNO3S/c8-7-3-6(13(9,11)12)2-1-5(7)4-10/h1-3,10H,4H2,(H2,9,11,12). The van der Waals surface area contributed by atoms with Crippen molar-refractivity contribution in [3.63, 3.8) is 0 Å². The fraction of sp³-hybridized carbons (Fsp3) is 0.143. The lowest BCUT2D eigenvalue weighted by Crippen LogP contribution is -2.12. The van der Waals surface area contributed by atoms with Crippen molar-refractivity contribution >= 4 is 26.0 Å². The fourth-order valence-corrected chi connectivity index (χ4v) is 2.03. The van der Waals surface area contributed by atoms with Crippen LogP contribution in [0.15, 0.2) is 27.6 Å². The van der Waals surface area contributed by atoms with Gasteiger partial charge in [0.05, 0.1) is 11.5 Å². The number of benzene rings is 1. The number of halogens is 1. The van der Waals surface area contributed by atoms with E-state index in [0.717, 1.165) is 0 Å². The van der Waals surface area contributed by atoms with E-state index in [1.165, 1.54) is 18.2 Å². The van der Waals surface area contributed by atoms with Crippen molar-refractivity contribution in [2.45, 2.75) is 11.5 Å². The van der Waals surface area contributed by atoms with E-state index in [0.29, 0.717) is 10.0 Å². The van der Waals surface area contributed by atoms with Crippen LogP contribution in [0.5, 0.6) is 0 Å². The van der Waals surface area contributed by atoms with E-state index in [1.807, 2.05) is 0 Å². The molecule has 0 bridgehead atoms. The van der Waals surface area contributed by atoms with Crippen LogP contribution in [0.4, 0.5) is 0 Å². The van der Waals surface area contributed by atoms with Crippen LogP contribution in [-0.4, -0.2) is 13.5 Å². The van der Waals surface area contributed by atoms with Crippen molar-refractivity contribution in [1.29, 1.82) is 0 Å². The molecule has 4 nitrogen and oxygen atoms in total. The molecule has 0 aromatic heterocycles. The molecule has 1 aromatic carbocycles. The van der Waals surface area contributed by atoms with Crippen molar-refractivity contribution in [1.82, 2.24) is 0 Å². The molecule has 0 spiro atoms. The summed E-state index contributed by atoms with van der Waals surface area (Å²) in [6.45, 7) is -0.147. The third-order valence-electron chi connectivity index (χ3n) is 1.52. The molecular weight excluding hydrogens is 258 g/mol. The van der Waals surface area contributed by atoms with Crippen molar-refractivity contribution in [2.75, 3.05) is 0 Å². The molecule has 0 radical (unpaired) electrons. The summed E-state index contributed by atoms with van der Waals surface area (Å²) >= 11 is 3.12. The van der Waals surface area contributed by atoms with E-state index in [-0.39, 0.29) is 11.5 Å². The van der Waals surface area contributed by atoms with E-state index in [4.69, 9.17) is 10.2 Å². The van der Waals surface area contributed by atoms with Crippen LogP contribution in [-0.2, 0) is 16.6 Å². The van der Waals surface area contributed by atoms with E-state index in [1.54, 1.807) is 0 Å². The maximum absolute atomic E-state index is 10.9. The van der Waals surface area contributed by atoms with Crippen molar-refractivity contribution in [3.05, 3.63) is 28.2 Å². The van der Waals surface area contributed by atoms with Crippen LogP contribution in [0.3, 0.4) is 0 Å². The molecule has 0 aliphatic heterocycles. The molecule has 1 aromatic rings. The lowest BCUT2D eigenvalue weighted by atomic mass is 10.2. The van der Waals surface area contributed by atoms with Crippen molar-refractivity contribution in [2.24, 2.45) is 5.14 Å². The average molecular weight is 266 g/mol. The van der Waals surface area contributed by atoms with Crippen LogP contribution >= 0.6 is 15.9 Å². The molecule has 0 saturated carbocycles. The van der Waals surface area contributed by atoms with Crippen LogP contribution in [0.25, 0.3) is 0 Å². The Morgan fingerprint density at radius 3 is 2.46 bits per heavy atom. The number of hydrogen-bond acceptors (Lipinski definition) is 3. The Kier molecular flexibility index (Phi) is 3.07. The van der Waals surface area contributed by atoms with Gasteiger partial charge in [-0.15, -0.1) is 0 Å².